The molecule has 4 aromatic rings. The highest BCUT2D eigenvalue weighted by Gasteiger charge is 2.07. The van der Waals surface area contributed by atoms with Crippen molar-refractivity contribution in [1.29, 1.82) is 0 Å². The number of fused-ring (bicyclic) bond motifs is 1. The van der Waals surface area contributed by atoms with Gasteiger partial charge in [0.15, 0.2) is 5.65 Å². The smallest absolute Gasteiger partial charge is 0.160 e. The summed E-state index contributed by atoms with van der Waals surface area (Å²) in [4.78, 5) is 4.11. The third kappa shape index (κ3) is 1.74. The van der Waals surface area contributed by atoms with E-state index in [4.69, 9.17) is 0 Å². The van der Waals surface area contributed by atoms with Crippen LogP contribution < -0.4 is 0 Å². The van der Waals surface area contributed by atoms with Crippen molar-refractivity contribution in [3.63, 3.8) is 0 Å². The van der Waals surface area contributed by atoms with Gasteiger partial charge in [0.2, 0.25) is 0 Å². The number of pyridine rings is 2. The first-order valence-electron chi connectivity index (χ1n) is 6.16. The molecule has 0 saturated carbocycles. The van der Waals surface area contributed by atoms with E-state index in [2.05, 4.69) is 25.4 Å². The minimum Gasteiger partial charge on any atom is -0.288 e. The Balaban J connectivity index is 1.77. The fraction of sp³-hybridized carbons (Fsp3) is 0. The largest absolute Gasteiger partial charge is 0.288 e. The molecule has 0 fully saturated rings. The van der Waals surface area contributed by atoms with Crippen molar-refractivity contribution in [2.45, 2.75) is 0 Å². The van der Waals surface area contributed by atoms with Crippen molar-refractivity contribution in [3.8, 4) is 22.5 Å². The number of hydrogen-bond acceptors (Lipinski definition) is 4. The molecule has 0 aliphatic carbocycles. The second-order valence-corrected chi connectivity index (χ2v) is 4.42. The monoisotopic (exact) mass is 262 g/mol. The Morgan fingerprint density at radius 1 is 1.10 bits per heavy atom. The number of rotatable bonds is 2. The van der Waals surface area contributed by atoms with Crippen molar-refractivity contribution >= 4 is 5.65 Å². The van der Waals surface area contributed by atoms with Crippen LogP contribution in [-0.4, -0.2) is 29.8 Å². The molecule has 1 N–H and O–H groups in total. The lowest BCUT2D eigenvalue weighted by molar-refractivity contribution is 1.09. The van der Waals surface area contributed by atoms with Crippen LogP contribution in [0.15, 0.2) is 55.2 Å². The molecule has 0 saturated heterocycles. The van der Waals surface area contributed by atoms with E-state index in [1.54, 1.807) is 18.7 Å². The van der Waals surface area contributed by atoms with Crippen LogP contribution in [-0.2, 0) is 0 Å². The van der Waals surface area contributed by atoms with Gasteiger partial charge in [0, 0.05) is 29.7 Å². The predicted molar refractivity (Wildman–Crippen MR) is 73.8 cm³/mol. The molecule has 0 radical (unpaired) electrons. The summed E-state index contributed by atoms with van der Waals surface area (Å²) in [6, 6.07) is 9.79. The first-order valence-corrected chi connectivity index (χ1v) is 6.16. The molecule has 4 rings (SSSR count). The number of H-pyrrole nitrogens is 1. The first kappa shape index (κ1) is 10.9. The quantitative estimate of drug-likeness (QED) is 0.601. The van der Waals surface area contributed by atoms with Gasteiger partial charge in [-0.25, -0.2) is 0 Å². The maximum Gasteiger partial charge on any atom is 0.160 e. The van der Waals surface area contributed by atoms with Gasteiger partial charge in [-0.2, -0.15) is 5.10 Å². The normalized spacial score (nSPS) is 11.0. The summed E-state index contributed by atoms with van der Waals surface area (Å²) in [5.74, 6) is 0. The van der Waals surface area contributed by atoms with E-state index in [1.165, 1.54) is 0 Å². The van der Waals surface area contributed by atoms with Gasteiger partial charge in [-0.15, -0.1) is 10.2 Å². The molecule has 0 aliphatic rings. The second-order valence-electron chi connectivity index (χ2n) is 4.42. The second kappa shape index (κ2) is 4.27. The molecule has 0 atom stereocenters. The zero-order chi connectivity index (χ0) is 13.4. The maximum atomic E-state index is 4.35. The molecule has 0 aliphatic heterocycles. The minimum absolute atomic E-state index is 0.816. The van der Waals surface area contributed by atoms with Crippen molar-refractivity contribution in [3.05, 3.63) is 55.2 Å². The number of aromatic amines is 1. The van der Waals surface area contributed by atoms with Crippen molar-refractivity contribution in [2.75, 3.05) is 0 Å². The lowest BCUT2D eigenvalue weighted by Crippen LogP contribution is -1.85. The van der Waals surface area contributed by atoms with Crippen LogP contribution in [0.5, 0.6) is 0 Å². The summed E-state index contributed by atoms with van der Waals surface area (Å²) < 4.78 is 1.87. The summed E-state index contributed by atoms with van der Waals surface area (Å²) in [7, 11) is 0. The first-order chi connectivity index (χ1) is 9.90. The van der Waals surface area contributed by atoms with Gasteiger partial charge in [-0.05, 0) is 30.3 Å². The van der Waals surface area contributed by atoms with Crippen LogP contribution in [0.3, 0.4) is 0 Å². The van der Waals surface area contributed by atoms with Gasteiger partial charge < -0.3 is 0 Å². The van der Waals surface area contributed by atoms with Gasteiger partial charge in [-0.1, -0.05) is 0 Å². The van der Waals surface area contributed by atoms with Crippen LogP contribution in [0.1, 0.15) is 0 Å². The molecule has 0 unspecified atom stereocenters. The lowest BCUT2D eigenvalue weighted by Gasteiger charge is -1.97. The zero-order valence-electron chi connectivity index (χ0n) is 10.4. The Morgan fingerprint density at radius 3 is 3.00 bits per heavy atom. The molecule has 0 spiro atoms. The molecule has 0 aromatic carbocycles. The van der Waals surface area contributed by atoms with Crippen LogP contribution in [0.25, 0.3) is 28.2 Å². The lowest BCUT2D eigenvalue weighted by atomic mass is 10.1. The number of aromatic nitrogens is 6. The van der Waals surface area contributed by atoms with Gasteiger partial charge in [0.1, 0.15) is 6.33 Å². The van der Waals surface area contributed by atoms with E-state index in [-0.39, 0.29) is 0 Å². The van der Waals surface area contributed by atoms with Gasteiger partial charge in [0.25, 0.3) is 0 Å². The highest BCUT2D eigenvalue weighted by atomic mass is 15.2. The minimum atomic E-state index is 0.816. The van der Waals surface area contributed by atoms with Crippen LogP contribution >= 0.6 is 0 Å². The Morgan fingerprint density at radius 2 is 2.10 bits per heavy atom. The van der Waals surface area contributed by atoms with Crippen LogP contribution in [0.4, 0.5) is 0 Å². The number of nitrogens with one attached hydrogen (secondary N) is 1. The average Bonchev–Trinajstić information content (AvgIpc) is 3.16. The SMILES string of the molecule is c1cncc(-c2cc(-c3ccc4nncn4c3)n[nH]2)c1. The Kier molecular flexibility index (Phi) is 2.32. The molecule has 0 bridgehead atoms. The summed E-state index contributed by atoms with van der Waals surface area (Å²) in [6.45, 7) is 0. The van der Waals surface area contributed by atoms with Crippen molar-refractivity contribution in [2.24, 2.45) is 0 Å². The van der Waals surface area contributed by atoms with E-state index >= 15 is 0 Å². The molecule has 4 heterocycles. The molecule has 96 valence electrons. The zero-order valence-corrected chi connectivity index (χ0v) is 10.4. The topological polar surface area (TPSA) is 71.8 Å². The number of nitrogens with zero attached hydrogens (tertiary/aromatic N) is 5. The summed E-state index contributed by atoms with van der Waals surface area (Å²) in [5.41, 5.74) is 4.65. The summed E-state index contributed by atoms with van der Waals surface area (Å²) in [6.07, 6.45) is 7.19. The molecule has 6 nitrogen and oxygen atoms in total. The van der Waals surface area contributed by atoms with Gasteiger partial charge in [-0.3, -0.25) is 14.5 Å². The molecule has 6 heteroatoms. The van der Waals surface area contributed by atoms with E-state index in [1.807, 2.05) is 40.9 Å². The Labute approximate surface area is 114 Å². The third-order valence-corrected chi connectivity index (χ3v) is 3.14. The molecular weight excluding hydrogens is 252 g/mol. The molecule has 0 amide bonds. The molecule has 20 heavy (non-hydrogen) atoms. The average molecular weight is 262 g/mol. The predicted octanol–water partition coefficient (Wildman–Crippen LogP) is 2.18. The Bertz CT molecular complexity index is 861. The Hall–Kier alpha value is -3.02. The maximum absolute atomic E-state index is 4.35. The number of hydrogen-bond donors (Lipinski definition) is 1. The van der Waals surface area contributed by atoms with Gasteiger partial charge in [0.05, 0.1) is 11.4 Å². The summed E-state index contributed by atoms with van der Waals surface area (Å²) in [5, 5.41) is 15.2. The van der Waals surface area contributed by atoms with E-state index in [9.17, 15) is 0 Å². The van der Waals surface area contributed by atoms with E-state index in [0.717, 1.165) is 28.2 Å². The van der Waals surface area contributed by atoms with Crippen molar-refractivity contribution < 1.29 is 0 Å². The fourth-order valence-electron chi connectivity index (χ4n) is 2.12. The summed E-state index contributed by atoms with van der Waals surface area (Å²) >= 11 is 0. The van der Waals surface area contributed by atoms with Gasteiger partial charge >= 0.3 is 0 Å². The van der Waals surface area contributed by atoms with Crippen LogP contribution in [0.2, 0.25) is 0 Å². The molecule has 4 aromatic heterocycles. The highest BCUT2D eigenvalue weighted by molar-refractivity contribution is 5.68. The third-order valence-electron chi connectivity index (χ3n) is 3.14. The highest BCUT2D eigenvalue weighted by Crippen LogP contribution is 2.23. The standard InChI is InChI=1S/C14H10N6/c1-2-10(7-15-5-1)12-6-13(18-17-12)11-3-4-14-19-16-9-20(14)8-11/h1-9H,(H,17,18). The molecular formula is C14H10N6. The fourth-order valence-corrected chi connectivity index (χ4v) is 2.12. The van der Waals surface area contributed by atoms with E-state index < -0.39 is 0 Å². The van der Waals surface area contributed by atoms with Crippen molar-refractivity contribution in [1.82, 2.24) is 29.8 Å². The van der Waals surface area contributed by atoms with E-state index in [0.29, 0.717) is 0 Å². The van der Waals surface area contributed by atoms with Crippen LogP contribution in [0, 0.1) is 0 Å².